The van der Waals surface area contributed by atoms with Gasteiger partial charge >= 0.3 is 0 Å². The molecule has 2 rings (SSSR count). The fourth-order valence-electron chi connectivity index (χ4n) is 2.71. The highest BCUT2D eigenvalue weighted by atomic mass is 79.9. The molecule has 7 heteroatoms. The molecule has 0 spiro atoms. The minimum Gasteiger partial charge on any atom is -0.329 e. The lowest BCUT2D eigenvalue weighted by Gasteiger charge is -2.22. The molecule has 0 bridgehead atoms. The van der Waals surface area contributed by atoms with Crippen molar-refractivity contribution in [2.24, 2.45) is 7.05 Å². The molecule has 0 aliphatic carbocycles. The van der Waals surface area contributed by atoms with Gasteiger partial charge in [0.1, 0.15) is 12.4 Å². The minimum absolute atomic E-state index is 0.00137. The Morgan fingerprint density at radius 1 is 1.25 bits per heavy atom. The zero-order valence-electron chi connectivity index (χ0n) is 17.3. The van der Waals surface area contributed by atoms with Gasteiger partial charge in [0, 0.05) is 35.1 Å². The van der Waals surface area contributed by atoms with E-state index >= 15 is 0 Å². The Morgan fingerprint density at radius 3 is 2.54 bits per heavy atom. The number of amides is 2. The summed E-state index contributed by atoms with van der Waals surface area (Å²) in [7, 11) is 1.80. The summed E-state index contributed by atoms with van der Waals surface area (Å²) in [6.07, 6.45) is 1.79. The first-order valence-electron chi connectivity index (χ1n) is 9.51. The molecule has 6 nitrogen and oxygen atoms in total. The number of carbonyl (C=O) groups excluding carboxylic acids is 2. The van der Waals surface area contributed by atoms with Gasteiger partial charge < -0.3 is 10.2 Å². The molecular weight excluding hydrogens is 420 g/mol. The molecule has 1 aromatic carbocycles. The number of halogens is 1. The van der Waals surface area contributed by atoms with Crippen LogP contribution in [-0.2, 0) is 17.3 Å². The van der Waals surface area contributed by atoms with Crippen LogP contribution in [0.2, 0.25) is 0 Å². The van der Waals surface area contributed by atoms with E-state index in [4.69, 9.17) is 0 Å². The van der Waals surface area contributed by atoms with E-state index in [2.05, 4.69) is 54.0 Å². The van der Waals surface area contributed by atoms with Crippen molar-refractivity contribution in [3.05, 3.63) is 46.1 Å². The van der Waals surface area contributed by atoms with Crippen LogP contribution in [0.1, 0.15) is 56.6 Å². The van der Waals surface area contributed by atoms with E-state index in [1.165, 1.54) is 0 Å². The number of nitrogens with zero attached hydrogens (tertiary/aromatic N) is 3. The van der Waals surface area contributed by atoms with Crippen LogP contribution in [0, 0.1) is 0 Å². The zero-order chi connectivity index (χ0) is 20.9. The number of aromatic nitrogens is 2. The average Bonchev–Trinajstić information content (AvgIpc) is 2.99. The molecule has 1 aromatic heterocycles. The van der Waals surface area contributed by atoms with E-state index in [0.717, 1.165) is 23.0 Å². The van der Waals surface area contributed by atoms with E-state index < -0.39 is 0 Å². The maximum Gasteiger partial charge on any atom is 0.254 e. The molecule has 0 fully saturated rings. The normalized spacial score (nSPS) is 11.4. The van der Waals surface area contributed by atoms with Gasteiger partial charge in [-0.1, -0.05) is 56.1 Å². The van der Waals surface area contributed by atoms with Gasteiger partial charge in [0.2, 0.25) is 5.91 Å². The lowest BCUT2D eigenvalue weighted by atomic mass is 9.92. The maximum absolute atomic E-state index is 12.9. The number of hydrogen-bond acceptors (Lipinski definition) is 3. The van der Waals surface area contributed by atoms with E-state index in [1.807, 2.05) is 18.2 Å². The SMILES string of the molecule is CCCCN(CC(=O)Nc1cc(C(C)(C)C)nn1C)C(=O)c1cccc(Br)c1. The number of nitrogens with one attached hydrogen (secondary N) is 1. The molecule has 1 N–H and O–H groups in total. The standard InChI is InChI=1S/C21H29BrN4O2/c1-6-7-11-26(20(28)15-9-8-10-16(22)12-15)14-19(27)23-18-13-17(21(2,3)4)24-25(18)5/h8-10,12-13H,6-7,11,14H2,1-5H3,(H,23,27). The third-order valence-electron chi connectivity index (χ3n) is 4.39. The quantitative estimate of drug-likeness (QED) is 0.683. The van der Waals surface area contributed by atoms with Gasteiger partial charge in [-0.3, -0.25) is 14.3 Å². The Morgan fingerprint density at radius 2 is 1.96 bits per heavy atom. The van der Waals surface area contributed by atoms with Crippen molar-refractivity contribution >= 4 is 33.6 Å². The lowest BCUT2D eigenvalue weighted by Crippen LogP contribution is -2.38. The summed E-state index contributed by atoms with van der Waals surface area (Å²) in [5.74, 6) is 0.244. The highest BCUT2D eigenvalue weighted by Gasteiger charge is 2.22. The first kappa shape index (κ1) is 22.1. The van der Waals surface area contributed by atoms with Gasteiger partial charge in [-0.05, 0) is 24.6 Å². The number of unbranched alkanes of at least 4 members (excludes halogenated alkanes) is 1. The summed E-state index contributed by atoms with van der Waals surface area (Å²) in [6.45, 7) is 8.82. The summed E-state index contributed by atoms with van der Waals surface area (Å²) in [5.41, 5.74) is 1.36. The van der Waals surface area contributed by atoms with Gasteiger partial charge in [-0.15, -0.1) is 0 Å². The first-order valence-corrected chi connectivity index (χ1v) is 10.3. The van der Waals surface area contributed by atoms with Crippen LogP contribution >= 0.6 is 15.9 Å². The monoisotopic (exact) mass is 448 g/mol. The number of carbonyl (C=O) groups is 2. The maximum atomic E-state index is 12.9. The predicted octanol–water partition coefficient (Wildman–Crippen LogP) is 4.36. The summed E-state index contributed by atoms with van der Waals surface area (Å²) >= 11 is 3.39. The largest absolute Gasteiger partial charge is 0.329 e. The highest BCUT2D eigenvalue weighted by molar-refractivity contribution is 9.10. The number of aryl methyl sites for hydroxylation is 1. The van der Waals surface area contributed by atoms with Crippen molar-refractivity contribution in [1.82, 2.24) is 14.7 Å². The van der Waals surface area contributed by atoms with Crippen LogP contribution in [0.3, 0.4) is 0 Å². The zero-order valence-corrected chi connectivity index (χ0v) is 18.8. The average molecular weight is 449 g/mol. The smallest absolute Gasteiger partial charge is 0.254 e. The van der Waals surface area contributed by atoms with Gasteiger partial charge in [0.15, 0.2) is 0 Å². The Bertz CT molecular complexity index is 839. The third kappa shape index (κ3) is 5.92. The fraction of sp³-hybridized carbons (Fsp3) is 0.476. The summed E-state index contributed by atoms with van der Waals surface area (Å²) in [4.78, 5) is 27.1. The molecule has 1 heterocycles. The van der Waals surface area contributed by atoms with Crippen LogP contribution in [0.5, 0.6) is 0 Å². The predicted molar refractivity (Wildman–Crippen MR) is 115 cm³/mol. The second-order valence-corrected chi connectivity index (χ2v) is 8.84. The molecule has 0 aliphatic rings. The highest BCUT2D eigenvalue weighted by Crippen LogP contribution is 2.23. The molecule has 0 saturated heterocycles. The van der Waals surface area contributed by atoms with Gasteiger partial charge in [0.25, 0.3) is 5.91 Å². The molecule has 2 aromatic rings. The second-order valence-electron chi connectivity index (χ2n) is 7.93. The summed E-state index contributed by atoms with van der Waals surface area (Å²) in [5, 5.41) is 7.36. The minimum atomic E-state index is -0.233. The van der Waals surface area contributed by atoms with Crippen LogP contribution < -0.4 is 5.32 Å². The molecule has 0 saturated carbocycles. The number of anilines is 1. The molecule has 152 valence electrons. The summed E-state index contributed by atoms with van der Waals surface area (Å²) in [6, 6.07) is 9.11. The number of benzene rings is 1. The van der Waals surface area contributed by atoms with Gasteiger partial charge in [0.05, 0.1) is 5.69 Å². The van der Waals surface area contributed by atoms with Crippen molar-refractivity contribution in [2.45, 2.75) is 46.0 Å². The van der Waals surface area contributed by atoms with Crippen LogP contribution in [0.4, 0.5) is 5.82 Å². The molecule has 28 heavy (non-hydrogen) atoms. The first-order chi connectivity index (χ1) is 13.1. The number of rotatable bonds is 7. The van der Waals surface area contributed by atoms with E-state index in [9.17, 15) is 9.59 Å². The molecule has 2 amide bonds. The fourth-order valence-corrected chi connectivity index (χ4v) is 3.11. The topological polar surface area (TPSA) is 67.2 Å². The number of hydrogen-bond donors (Lipinski definition) is 1. The third-order valence-corrected chi connectivity index (χ3v) is 4.88. The molecule has 0 radical (unpaired) electrons. The van der Waals surface area contributed by atoms with Crippen molar-refractivity contribution in [2.75, 3.05) is 18.4 Å². The Balaban J connectivity index is 2.12. The molecule has 0 unspecified atom stereocenters. The van der Waals surface area contributed by atoms with E-state index in [1.54, 1.807) is 28.8 Å². The molecular formula is C21H29BrN4O2. The molecule has 0 atom stereocenters. The lowest BCUT2D eigenvalue weighted by molar-refractivity contribution is -0.117. The Hall–Kier alpha value is -2.15. The van der Waals surface area contributed by atoms with Crippen LogP contribution in [0.25, 0.3) is 0 Å². The Labute approximate surface area is 175 Å². The van der Waals surface area contributed by atoms with Crippen LogP contribution in [-0.4, -0.2) is 39.6 Å². The van der Waals surface area contributed by atoms with Gasteiger partial charge in [-0.25, -0.2) is 0 Å². The summed E-state index contributed by atoms with van der Waals surface area (Å²) < 4.78 is 2.49. The van der Waals surface area contributed by atoms with Crippen molar-refractivity contribution in [3.8, 4) is 0 Å². The molecule has 0 aliphatic heterocycles. The van der Waals surface area contributed by atoms with Crippen molar-refractivity contribution < 1.29 is 9.59 Å². The van der Waals surface area contributed by atoms with Crippen molar-refractivity contribution in [1.29, 1.82) is 0 Å². The van der Waals surface area contributed by atoms with E-state index in [0.29, 0.717) is 17.9 Å². The second kappa shape index (κ2) is 9.37. The van der Waals surface area contributed by atoms with Crippen molar-refractivity contribution in [3.63, 3.8) is 0 Å². The van der Waals surface area contributed by atoms with Crippen LogP contribution in [0.15, 0.2) is 34.8 Å². The van der Waals surface area contributed by atoms with Gasteiger partial charge in [-0.2, -0.15) is 5.10 Å². The van der Waals surface area contributed by atoms with E-state index in [-0.39, 0.29) is 23.8 Å². The Kier molecular flexibility index (Phi) is 7.41.